The van der Waals surface area contributed by atoms with Crippen molar-refractivity contribution in [2.75, 3.05) is 0 Å². The van der Waals surface area contributed by atoms with Crippen LogP contribution in [0.4, 0.5) is 0 Å². The second-order valence-corrected chi connectivity index (χ2v) is 11.2. The third-order valence-corrected chi connectivity index (χ3v) is 7.59. The minimum atomic E-state index is -4.69. The Hall–Kier alpha value is -1.92. The maximum atomic E-state index is 13.2. The van der Waals surface area contributed by atoms with Crippen LogP contribution in [-0.2, 0) is 24.8 Å². The van der Waals surface area contributed by atoms with Crippen LogP contribution in [0, 0.1) is 5.92 Å². The van der Waals surface area contributed by atoms with E-state index in [9.17, 15) is 19.4 Å². The Morgan fingerprint density at radius 1 is 1.35 bits per heavy atom. The molecule has 0 aliphatic heterocycles. The van der Waals surface area contributed by atoms with Crippen molar-refractivity contribution in [1.29, 1.82) is 0 Å². The zero-order valence-corrected chi connectivity index (χ0v) is 21.7. The van der Waals surface area contributed by atoms with E-state index in [-0.39, 0.29) is 36.2 Å². The van der Waals surface area contributed by atoms with E-state index in [2.05, 4.69) is 12.7 Å². The van der Waals surface area contributed by atoms with Gasteiger partial charge in [-0.1, -0.05) is 37.1 Å². The van der Waals surface area contributed by atoms with Crippen molar-refractivity contribution in [3.63, 3.8) is 0 Å². The molecule has 34 heavy (non-hydrogen) atoms. The fourth-order valence-corrected chi connectivity index (χ4v) is 5.80. The van der Waals surface area contributed by atoms with Crippen molar-refractivity contribution in [3.8, 4) is 11.5 Å². The first-order valence-corrected chi connectivity index (χ1v) is 13.4. The molecular weight excluding hydrogens is 455 g/mol. The number of carbonyl (C=O) groups is 1. The summed E-state index contributed by atoms with van der Waals surface area (Å²) in [6.45, 7) is 13.3. The molecule has 3 atom stereocenters. The first kappa shape index (κ1) is 26.7. The second-order valence-electron chi connectivity index (χ2n) is 9.88. The molecule has 1 saturated carbocycles. The normalized spacial score (nSPS) is 23.2. The molecule has 2 aliphatic carbocycles. The fourth-order valence-electron chi connectivity index (χ4n) is 4.56. The number of phenols is 1. The molecule has 2 aliphatic rings. The van der Waals surface area contributed by atoms with Gasteiger partial charge in [-0.25, -0.2) is 4.79 Å². The molecule has 0 heterocycles. The number of phosphoric ester groups is 1. The van der Waals surface area contributed by atoms with Crippen LogP contribution in [0.15, 0.2) is 35.9 Å². The van der Waals surface area contributed by atoms with Gasteiger partial charge in [-0.05, 0) is 83.4 Å². The molecule has 7 nitrogen and oxygen atoms in total. The molecule has 3 rings (SSSR count). The monoisotopic (exact) mass is 491 g/mol. The van der Waals surface area contributed by atoms with Gasteiger partial charge in [-0.15, -0.1) is 0 Å². The molecule has 1 fully saturated rings. The number of hydrogen-bond acceptors (Lipinski definition) is 7. The first-order valence-electron chi connectivity index (χ1n) is 12.0. The highest BCUT2D eigenvalue weighted by molar-refractivity contribution is 7.46. The van der Waals surface area contributed by atoms with Gasteiger partial charge in [0.2, 0.25) is 0 Å². The van der Waals surface area contributed by atoms with Crippen molar-refractivity contribution in [2.24, 2.45) is 5.92 Å². The lowest BCUT2D eigenvalue weighted by molar-refractivity contribution is -0.235. The molecule has 0 radical (unpaired) electrons. The Bertz CT molecular complexity index is 1020. The van der Waals surface area contributed by atoms with Crippen molar-refractivity contribution >= 4 is 13.8 Å². The number of aromatic hydroxyl groups is 1. The van der Waals surface area contributed by atoms with E-state index in [4.69, 9.17) is 13.8 Å². The number of allylic oxidation sites excluding steroid dienone is 3. The highest BCUT2D eigenvalue weighted by Crippen LogP contribution is 2.54. The van der Waals surface area contributed by atoms with Crippen LogP contribution in [0.2, 0.25) is 0 Å². The van der Waals surface area contributed by atoms with Gasteiger partial charge < -0.3 is 19.3 Å². The summed E-state index contributed by atoms with van der Waals surface area (Å²) in [7, 11) is -4.69. The zero-order valence-electron chi connectivity index (χ0n) is 20.8. The zero-order chi connectivity index (χ0) is 25.3. The summed E-state index contributed by atoms with van der Waals surface area (Å²) in [4.78, 5) is 25.4. The molecule has 0 bridgehead atoms. The van der Waals surface area contributed by atoms with Gasteiger partial charge in [-0.3, -0.25) is 9.09 Å². The van der Waals surface area contributed by atoms with E-state index in [0.717, 1.165) is 30.4 Å². The Morgan fingerprint density at radius 2 is 2.03 bits per heavy atom. The van der Waals surface area contributed by atoms with E-state index in [1.807, 2.05) is 20.8 Å². The van der Waals surface area contributed by atoms with Crippen LogP contribution in [0.25, 0.3) is 0 Å². The molecule has 0 aromatic heterocycles. The summed E-state index contributed by atoms with van der Waals surface area (Å²) in [5.74, 6) is -0.642. The molecule has 0 saturated heterocycles. The van der Waals surface area contributed by atoms with E-state index < -0.39 is 25.5 Å². The summed E-state index contributed by atoms with van der Waals surface area (Å²) in [5.41, 5.74) is 1.93. The van der Waals surface area contributed by atoms with Gasteiger partial charge in [0, 0.05) is 11.5 Å². The summed E-state index contributed by atoms with van der Waals surface area (Å²) in [6.07, 6.45) is 5.28. The summed E-state index contributed by atoms with van der Waals surface area (Å²) in [5, 5.41) is 11.1. The Kier molecular flexibility index (Phi) is 8.14. The van der Waals surface area contributed by atoms with Gasteiger partial charge in [-0.2, -0.15) is 0 Å². The quantitative estimate of drug-likeness (QED) is 0.193. The van der Waals surface area contributed by atoms with Crippen LogP contribution < -0.4 is 9.63 Å². The van der Waals surface area contributed by atoms with Crippen molar-refractivity contribution < 1.29 is 33.1 Å². The van der Waals surface area contributed by atoms with Gasteiger partial charge >= 0.3 is 5.97 Å². The average molecular weight is 492 g/mol. The van der Waals surface area contributed by atoms with Crippen LogP contribution in [0.1, 0.15) is 83.8 Å². The Balaban J connectivity index is 1.98. The lowest BCUT2D eigenvalue weighted by atomic mass is 9.73. The van der Waals surface area contributed by atoms with Gasteiger partial charge in [0.1, 0.15) is 11.5 Å². The molecule has 1 aromatic carbocycles. The molecule has 0 amide bonds. The number of hydrogen-bond donors (Lipinski definition) is 1. The number of esters is 1. The summed E-state index contributed by atoms with van der Waals surface area (Å²) < 4.78 is 28.1. The molecular formula is C26H36O7P-. The average Bonchev–Trinajstić information content (AvgIpc) is 3.46. The van der Waals surface area contributed by atoms with Crippen LogP contribution in [-0.4, -0.2) is 22.8 Å². The SMILES string of the molecule is C=C(C)[C@@H]1CCC(C)=C[C@H]1c1c(O)cc(CCC)cc1OC(=O)C1(OP(=O)([O-])OC(C)C)CC1. The van der Waals surface area contributed by atoms with E-state index in [1.165, 1.54) is 5.57 Å². The largest absolute Gasteiger partial charge is 0.756 e. The van der Waals surface area contributed by atoms with Crippen molar-refractivity contribution in [2.45, 2.75) is 90.8 Å². The summed E-state index contributed by atoms with van der Waals surface area (Å²) in [6, 6.07) is 3.48. The first-order chi connectivity index (χ1) is 15.9. The number of rotatable bonds is 10. The molecule has 8 heteroatoms. The molecule has 1 N–H and O–H groups in total. The van der Waals surface area contributed by atoms with Crippen LogP contribution in [0.3, 0.4) is 0 Å². The smallest absolute Gasteiger partial charge is 0.344 e. The minimum absolute atomic E-state index is 0.0550. The minimum Gasteiger partial charge on any atom is -0.756 e. The standard InChI is InChI=1S/C26H37O7P/c1-7-8-19-14-22(27)24(21-13-18(6)9-10-20(21)16(2)3)23(15-19)31-25(28)26(11-12-26)33-34(29,30)32-17(4)5/h13-15,17,20-21,27H,2,7-12H2,1,3-6H3,(H,29,30)/p-1/t20-,21+/m0/s1. The predicted octanol–water partition coefficient (Wildman–Crippen LogP) is 5.71. The number of ether oxygens (including phenoxy) is 1. The number of carbonyl (C=O) groups excluding carboxylic acids is 1. The molecule has 0 spiro atoms. The van der Waals surface area contributed by atoms with E-state index in [1.54, 1.807) is 26.0 Å². The summed E-state index contributed by atoms with van der Waals surface area (Å²) >= 11 is 0. The third-order valence-electron chi connectivity index (χ3n) is 6.34. The van der Waals surface area contributed by atoms with Crippen LogP contribution in [0.5, 0.6) is 11.5 Å². The lowest BCUT2D eigenvalue weighted by Crippen LogP contribution is -2.33. The predicted molar refractivity (Wildman–Crippen MR) is 129 cm³/mol. The van der Waals surface area contributed by atoms with E-state index in [0.29, 0.717) is 12.0 Å². The van der Waals surface area contributed by atoms with Crippen molar-refractivity contribution in [3.05, 3.63) is 47.1 Å². The van der Waals surface area contributed by atoms with Crippen molar-refractivity contribution in [1.82, 2.24) is 0 Å². The number of aryl methyl sites for hydroxylation is 1. The topological polar surface area (TPSA) is 105 Å². The van der Waals surface area contributed by atoms with Gasteiger partial charge in [0.05, 0.1) is 6.10 Å². The lowest BCUT2D eigenvalue weighted by Gasteiger charge is -2.32. The second kappa shape index (κ2) is 10.4. The number of benzene rings is 1. The highest BCUT2D eigenvalue weighted by Gasteiger charge is 2.56. The third kappa shape index (κ3) is 6.19. The maximum absolute atomic E-state index is 13.2. The Labute approximate surface area is 202 Å². The highest BCUT2D eigenvalue weighted by atomic mass is 31.2. The Morgan fingerprint density at radius 3 is 2.59 bits per heavy atom. The maximum Gasteiger partial charge on any atom is 0.344 e. The molecule has 1 aromatic rings. The van der Waals surface area contributed by atoms with Gasteiger partial charge in [0.15, 0.2) is 5.60 Å². The van der Waals surface area contributed by atoms with E-state index >= 15 is 0 Å². The van der Waals surface area contributed by atoms with Gasteiger partial charge in [0.25, 0.3) is 7.82 Å². The number of phenolic OH excluding ortho intramolecular Hbond substituents is 1. The fraction of sp³-hybridized carbons (Fsp3) is 0.577. The molecule has 1 unspecified atom stereocenters. The van der Waals surface area contributed by atoms with Crippen LogP contribution >= 0.6 is 7.82 Å². The number of phosphoric acid groups is 1. The molecule has 188 valence electrons.